The summed E-state index contributed by atoms with van der Waals surface area (Å²) in [6, 6.07) is 15.2. The van der Waals surface area contributed by atoms with Gasteiger partial charge in [-0.3, -0.25) is 4.98 Å². The number of hydrogen-bond acceptors (Lipinski definition) is 3. The van der Waals surface area contributed by atoms with E-state index in [2.05, 4.69) is 4.98 Å². The Hall–Kier alpha value is -2.64. The van der Waals surface area contributed by atoms with Gasteiger partial charge in [0.1, 0.15) is 11.6 Å². The van der Waals surface area contributed by atoms with Crippen LogP contribution in [-0.2, 0) is 16.4 Å². The number of aromatic nitrogens is 1. The fraction of sp³-hybridized carbons (Fsp3) is 0.261. The van der Waals surface area contributed by atoms with Crippen molar-refractivity contribution in [3.05, 3.63) is 95.3 Å². The lowest BCUT2D eigenvalue weighted by Crippen LogP contribution is -2.39. The van der Waals surface area contributed by atoms with Gasteiger partial charge in [0.15, 0.2) is 0 Å². The quantitative estimate of drug-likeness (QED) is 0.600. The molecule has 0 N–H and O–H groups in total. The number of piperidine rings is 1. The molecule has 4 nitrogen and oxygen atoms in total. The number of halogens is 2. The van der Waals surface area contributed by atoms with E-state index in [9.17, 15) is 17.2 Å². The molecular formula is C23H22F2N2O2S. The van der Waals surface area contributed by atoms with Crippen molar-refractivity contribution in [2.75, 3.05) is 13.1 Å². The second kappa shape index (κ2) is 8.62. The molecule has 7 heteroatoms. The van der Waals surface area contributed by atoms with Crippen LogP contribution in [-0.4, -0.2) is 30.8 Å². The third kappa shape index (κ3) is 4.57. The number of pyridine rings is 1. The fourth-order valence-electron chi connectivity index (χ4n) is 3.78. The zero-order chi connectivity index (χ0) is 21.1. The number of sulfonamides is 1. The van der Waals surface area contributed by atoms with Gasteiger partial charge in [0.25, 0.3) is 0 Å². The Morgan fingerprint density at radius 2 is 1.53 bits per heavy atom. The summed E-state index contributed by atoms with van der Waals surface area (Å²) in [5.74, 6) is -0.714. The van der Waals surface area contributed by atoms with Gasteiger partial charge in [0.2, 0.25) is 10.0 Å². The summed E-state index contributed by atoms with van der Waals surface area (Å²) in [7, 11) is -3.66. The van der Waals surface area contributed by atoms with Crippen molar-refractivity contribution >= 4 is 10.0 Å². The van der Waals surface area contributed by atoms with Crippen LogP contribution in [0.2, 0.25) is 0 Å². The summed E-state index contributed by atoms with van der Waals surface area (Å²) in [6.07, 6.45) is 4.05. The molecule has 156 valence electrons. The average molecular weight is 429 g/mol. The van der Waals surface area contributed by atoms with Crippen molar-refractivity contribution in [2.45, 2.75) is 30.1 Å². The fourth-order valence-corrected chi connectivity index (χ4v) is 5.30. The summed E-state index contributed by atoms with van der Waals surface area (Å²) in [5.41, 5.74) is 2.87. The van der Waals surface area contributed by atoms with Crippen LogP contribution in [0.3, 0.4) is 0 Å². The van der Waals surface area contributed by atoms with Gasteiger partial charge in [0.05, 0.1) is 4.90 Å². The van der Waals surface area contributed by atoms with Gasteiger partial charge >= 0.3 is 0 Å². The van der Waals surface area contributed by atoms with Gasteiger partial charge in [0, 0.05) is 30.9 Å². The molecule has 2 aromatic carbocycles. The normalized spacial score (nSPS) is 17.7. The molecule has 1 aliphatic heterocycles. The first-order chi connectivity index (χ1) is 14.4. The lowest BCUT2D eigenvalue weighted by atomic mass is 9.95. The van der Waals surface area contributed by atoms with E-state index in [-0.39, 0.29) is 16.6 Å². The Kier molecular flexibility index (Phi) is 5.92. The minimum atomic E-state index is -3.66. The van der Waals surface area contributed by atoms with E-state index in [0.29, 0.717) is 19.5 Å². The molecule has 30 heavy (non-hydrogen) atoms. The number of nitrogens with zero attached hydrogens (tertiary/aromatic N) is 2. The highest BCUT2D eigenvalue weighted by Crippen LogP contribution is 2.29. The number of hydrogen-bond donors (Lipinski definition) is 0. The van der Waals surface area contributed by atoms with E-state index in [1.807, 2.05) is 12.1 Å². The van der Waals surface area contributed by atoms with Gasteiger partial charge in [-0.15, -0.1) is 0 Å². The van der Waals surface area contributed by atoms with Crippen molar-refractivity contribution in [3.63, 3.8) is 0 Å². The maximum atomic E-state index is 13.2. The average Bonchev–Trinajstić information content (AvgIpc) is 2.76. The molecule has 0 aliphatic carbocycles. The van der Waals surface area contributed by atoms with E-state index in [1.54, 1.807) is 18.3 Å². The first-order valence-electron chi connectivity index (χ1n) is 9.87. The number of rotatable bonds is 5. The summed E-state index contributed by atoms with van der Waals surface area (Å²) in [5, 5.41) is 0. The van der Waals surface area contributed by atoms with Crippen molar-refractivity contribution < 1.29 is 17.2 Å². The van der Waals surface area contributed by atoms with E-state index in [4.69, 9.17) is 0 Å². The lowest BCUT2D eigenvalue weighted by Gasteiger charge is -2.31. The van der Waals surface area contributed by atoms with Gasteiger partial charge in [-0.05, 0) is 72.9 Å². The van der Waals surface area contributed by atoms with Crippen LogP contribution in [0.4, 0.5) is 8.78 Å². The van der Waals surface area contributed by atoms with E-state index in [1.165, 1.54) is 28.6 Å². The zero-order valence-corrected chi connectivity index (χ0v) is 17.2. The van der Waals surface area contributed by atoms with Crippen LogP contribution < -0.4 is 0 Å². The standard InChI is InChI=1S/C23H22F2N2O2S/c24-20-6-3-17(4-7-20)14-18-5-12-23(26-15-18)19-2-1-13-27(16-19)30(28,29)22-10-8-21(25)9-11-22/h3-12,15,19H,1-2,13-14,16H2. The van der Waals surface area contributed by atoms with Crippen LogP contribution >= 0.6 is 0 Å². The molecule has 0 saturated carbocycles. The molecule has 1 aromatic heterocycles. The Morgan fingerprint density at radius 1 is 0.900 bits per heavy atom. The molecule has 1 fully saturated rings. The minimum absolute atomic E-state index is 0.00819. The number of benzene rings is 2. The SMILES string of the molecule is O=S(=O)(c1ccc(F)cc1)N1CCCC(c2ccc(Cc3ccc(F)cc3)cn2)C1. The topological polar surface area (TPSA) is 50.3 Å². The van der Waals surface area contributed by atoms with Crippen molar-refractivity contribution in [3.8, 4) is 0 Å². The summed E-state index contributed by atoms with van der Waals surface area (Å²) < 4.78 is 53.5. The molecule has 2 heterocycles. The van der Waals surface area contributed by atoms with E-state index >= 15 is 0 Å². The summed E-state index contributed by atoms with van der Waals surface area (Å²) in [6.45, 7) is 0.795. The Balaban J connectivity index is 1.46. The minimum Gasteiger partial charge on any atom is -0.261 e. The molecule has 1 saturated heterocycles. The molecule has 0 amide bonds. The Morgan fingerprint density at radius 3 is 2.17 bits per heavy atom. The summed E-state index contributed by atoms with van der Waals surface area (Å²) >= 11 is 0. The second-order valence-corrected chi connectivity index (χ2v) is 9.49. The third-order valence-corrected chi connectivity index (χ3v) is 7.30. The predicted molar refractivity (Wildman–Crippen MR) is 111 cm³/mol. The Bertz CT molecular complexity index is 1100. The van der Waals surface area contributed by atoms with Crippen molar-refractivity contribution in [1.29, 1.82) is 0 Å². The van der Waals surface area contributed by atoms with Gasteiger partial charge in [-0.1, -0.05) is 18.2 Å². The monoisotopic (exact) mass is 428 g/mol. The smallest absolute Gasteiger partial charge is 0.243 e. The van der Waals surface area contributed by atoms with E-state index < -0.39 is 15.8 Å². The molecule has 0 bridgehead atoms. The van der Waals surface area contributed by atoms with Crippen LogP contribution in [0.1, 0.15) is 35.6 Å². The molecule has 0 radical (unpaired) electrons. The highest BCUT2D eigenvalue weighted by molar-refractivity contribution is 7.89. The van der Waals surface area contributed by atoms with Crippen LogP contribution in [0.15, 0.2) is 71.8 Å². The largest absolute Gasteiger partial charge is 0.261 e. The predicted octanol–water partition coefficient (Wildman–Crippen LogP) is 4.52. The highest BCUT2D eigenvalue weighted by Gasteiger charge is 2.31. The molecular weight excluding hydrogens is 406 g/mol. The van der Waals surface area contributed by atoms with Crippen LogP contribution in [0, 0.1) is 11.6 Å². The van der Waals surface area contributed by atoms with Gasteiger partial charge in [-0.2, -0.15) is 4.31 Å². The second-order valence-electron chi connectivity index (χ2n) is 7.55. The lowest BCUT2D eigenvalue weighted by molar-refractivity contribution is 0.312. The van der Waals surface area contributed by atoms with Gasteiger partial charge in [-0.25, -0.2) is 17.2 Å². The Labute approximate surface area is 175 Å². The molecule has 3 aromatic rings. The molecule has 1 unspecified atom stereocenters. The third-order valence-electron chi connectivity index (χ3n) is 5.42. The van der Waals surface area contributed by atoms with E-state index in [0.717, 1.165) is 41.8 Å². The molecule has 4 rings (SSSR count). The summed E-state index contributed by atoms with van der Waals surface area (Å²) in [4.78, 5) is 4.68. The van der Waals surface area contributed by atoms with Crippen LogP contribution in [0.5, 0.6) is 0 Å². The zero-order valence-electron chi connectivity index (χ0n) is 16.3. The first-order valence-corrected chi connectivity index (χ1v) is 11.3. The maximum absolute atomic E-state index is 13.2. The van der Waals surface area contributed by atoms with Crippen molar-refractivity contribution in [1.82, 2.24) is 9.29 Å². The molecule has 1 aliphatic rings. The van der Waals surface area contributed by atoms with Gasteiger partial charge < -0.3 is 0 Å². The highest BCUT2D eigenvalue weighted by atomic mass is 32.2. The van der Waals surface area contributed by atoms with Crippen LogP contribution in [0.25, 0.3) is 0 Å². The molecule has 0 spiro atoms. The first kappa shape index (κ1) is 20.6. The maximum Gasteiger partial charge on any atom is 0.243 e. The van der Waals surface area contributed by atoms with Crippen molar-refractivity contribution in [2.24, 2.45) is 0 Å². The molecule has 1 atom stereocenters.